The zero-order valence-corrected chi connectivity index (χ0v) is 21.4. The van der Waals surface area contributed by atoms with E-state index in [1.54, 1.807) is 0 Å². The van der Waals surface area contributed by atoms with Crippen LogP contribution < -0.4 is 0 Å². The second-order valence-electron chi connectivity index (χ2n) is 8.34. The SMILES string of the molecule is CCOC(OCC)c1ccc(C=C2CCC/C(=C\c3ccc(C(OCC)OCC)cc3)C2=O)cc1. The molecule has 0 aromatic heterocycles. The van der Waals surface area contributed by atoms with Gasteiger partial charge in [0.2, 0.25) is 0 Å². The Morgan fingerprint density at radius 2 is 0.971 bits per heavy atom. The molecule has 0 radical (unpaired) electrons. The molecule has 1 fully saturated rings. The molecule has 1 aliphatic rings. The number of hydrogen-bond donors (Lipinski definition) is 0. The second-order valence-corrected chi connectivity index (χ2v) is 8.34. The van der Waals surface area contributed by atoms with Crippen LogP contribution in [0.1, 0.15) is 81.8 Å². The van der Waals surface area contributed by atoms with Crippen LogP contribution in [-0.2, 0) is 23.7 Å². The molecule has 2 aromatic rings. The Kier molecular flexibility index (Phi) is 10.9. The van der Waals surface area contributed by atoms with Gasteiger partial charge in [-0.3, -0.25) is 4.79 Å². The van der Waals surface area contributed by atoms with Gasteiger partial charge >= 0.3 is 0 Å². The van der Waals surface area contributed by atoms with Crippen molar-refractivity contribution < 1.29 is 23.7 Å². The fraction of sp³-hybridized carbons (Fsp3) is 0.433. The monoisotopic (exact) mass is 478 g/mol. The Balaban J connectivity index is 1.73. The van der Waals surface area contributed by atoms with Crippen LogP contribution in [0.2, 0.25) is 0 Å². The largest absolute Gasteiger partial charge is 0.349 e. The van der Waals surface area contributed by atoms with Gasteiger partial charge in [-0.2, -0.15) is 0 Å². The van der Waals surface area contributed by atoms with Crippen LogP contribution in [0.5, 0.6) is 0 Å². The molecule has 1 aliphatic carbocycles. The number of carbonyl (C=O) groups is 1. The molecule has 0 spiro atoms. The van der Waals surface area contributed by atoms with Gasteiger partial charge in [-0.15, -0.1) is 0 Å². The number of allylic oxidation sites excluding steroid dienone is 2. The summed E-state index contributed by atoms with van der Waals surface area (Å²) in [4.78, 5) is 13.2. The minimum atomic E-state index is -0.360. The summed E-state index contributed by atoms with van der Waals surface area (Å²) in [5.41, 5.74) is 5.67. The lowest BCUT2D eigenvalue weighted by Gasteiger charge is -2.18. The smallest absolute Gasteiger partial charge is 0.185 e. The van der Waals surface area contributed by atoms with Crippen molar-refractivity contribution in [3.63, 3.8) is 0 Å². The second kappa shape index (κ2) is 14.1. The van der Waals surface area contributed by atoms with Crippen LogP contribution in [0.25, 0.3) is 12.2 Å². The maximum Gasteiger partial charge on any atom is 0.185 e. The molecule has 5 heteroatoms. The van der Waals surface area contributed by atoms with Gasteiger partial charge in [-0.05, 0) is 70.2 Å². The Morgan fingerprint density at radius 1 is 0.629 bits per heavy atom. The molecule has 3 rings (SSSR count). The molecule has 5 nitrogen and oxygen atoms in total. The van der Waals surface area contributed by atoms with Gasteiger partial charge < -0.3 is 18.9 Å². The van der Waals surface area contributed by atoms with E-state index in [-0.39, 0.29) is 18.4 Å². The highest BCUT2D eigenvalue weighted by molar-refractivity contribution is 6.13. The van der Waals surface area contributed by atoms with Crippen molar-refractivity contribution >= 4 is 17.9 Å². The average Bonchev–Trinajstić information content (AvgIpc) is 2.87. The van der Waals surface area contributed by atoms with Crippen molar-refractivity contribution in [2.75, 3.05) is 26.4 Å². The number of rotatable bonds is 12. The highest BCUT2D eigenvalue weighted by Gasteiger charge is 2.21. The van der Waals surface area contributed by atoms with Crippen LogP contribution in [-0.4, -0.2) is 32.2 Å². The minimum absolute atomic E-state index is 0.132. The van der Waals surface area contributed by atoms with Gasteiger partial charge in [0, 0.05) is 48.7 Å². The maximum absolute atomic E-state index is 13.2. The molecule has 1 saturated carbocycles. The molecule has 35 heavy (non-hydrogen) atoms. The van der Waals surface area contributed by atoms with Crippen molar-refractivity contribution in [3.8, 4) is 0 Å². The van der Waals surface area contributed by atoms with E-state index in [1.807, 2.05) is 88.4 Å². The van der Waals surface area contributed by atoms with Crippen molar-refractivity contribution in [2.24, 2.45) is 0 Å². The van der Waals surface area contributed by atoms with Crippen molar-refractivity contribution in [1.29, 1.82) is 0 Å². The minimum Gasteiger partial charge on any atom is -0.349 e. The number of hydrogen-bond acceptors (Lipinski definition) is 5. The number of Topliss-reactive ketones (excluding diaryl/α,β-unsaturated/α-hetero) is 1. The lowest BCUT2D eigenvalue weighted by molar-refractivity contribution is -0.140. The summed E-state index contributed by atoms with van der Waals surface area (Å²) < 4.78 is 22.7. The molecule has 0 unspecified atom stereocenters. The van der Waals surface area contributed by atoms with Crippen LogP contribution in [0.15, 0.2) is 59.7 Å². The highest BCUT2D eigenvalue weighted by Crippen LogP contribution is 2.29. The fourth-order valence-corrected chi connectivity index (χ4v) is 4.17. The number of ether oxygens (including phenoxy) is 4. The standard InChI is InChI=1S/C30H38O5/c1-5-32-29(33-6-2)24-16-12-22(13-17-24)20-26-10-9-11-27(28(26)31)21-23-14-18-25(19-15-23)30(34-7-3)35-8-4/h12-21,29-30H,5-11H2,1-4H3/b26-20+,27-21?. The molecule has 188 valence electrons. The fourth-order valence-electron chi connectivity index (χ4n) is 4.17. The first-order chi connectivity index (χ1) is 17.1. The van der Waals surface area contributed by atoms with E-state index in [9.17, 15) is 4.79 Å². The van der Waals surface area contributed by atoms with Gasteiger partial charge in [-0.1, -0.05) is 48.5 Å². The zero-order chi connectivity index (χ0) is 25.0. The third kappa shape index (κ3) is 7.71. The first-order valence-electron chi connectivity index (χ1n) is 12.7. The number of carbonyl (C=O) groups excluding carboxylic acids is 1. The third-order valence-electron chi connectivity index (χ3n) is 5.85. The number of ketones is 1. The van der Waals surface area contributed by atoms with Gasteiger partial charge in [0.05, 0.1) is 0 Å². The molecular weight excluding hydrogens is 440 g/mol. The molecule has 2 aromatic carbocycles. The third-order valence-corrected chi connectivity index (χ3v) is 5.85. The molecule has 0 atom stereocenters. The lowest BCUT2D eigenvalue weighted by Crippen LogP contribution is -2.12. The van der Waals surface area contributed by atoms with Gasteiger partial charge in [0.15, 0.2) is 18.4 Å². The molecule has 0 bridgehead atoms. The summed E-state index contributed by atoms with van der Waals surface area (Å²) in [6.45, 7) is 10.2. The van der Waals surface area contributed by atoms with E-state index in [0.29, 0.717) is 26.4 Å². The van der Waals surface area contributed by atoms with Crippen LogP contribution >= 0.6 is 0 Å². The molecule has 0 heterocycles. The zero-order valence-electron chi connectivity index (χ0n) is 21.4. The molecule has 0 N–H and O–H groups in total. The molecule has 0 saturated heterocycles. The summed E-state index contributed by atoms with van der Waals surface area (Å²) in [6.07, 6.45) is 5.85. The maximum atomic E-state index is 13.2. The predicted octanol–water partition coefficient (Wildman–Crippen LogP) is 7.05. The van der Waals surface area contributed by atoms with Gasteiger partial charge in [0.25, 0.3) is 0 Å². The molecule has 0 aliphatic heterocycles. The van der Waals surface area contributed by atoms with Crippen molar-refractivity contribution in [1.82, 2.24) is 0 Å². The van der Waals surface area contributed by atoms with Crippen LogP contribution in [0, 0.1) is 0 Å². The van der Waals surface area contributed by atoms with E-state index in [1.165, 1.54) is 0 Å². The average molecular weight is 479 g/mol. The van der Waals surface area contributed by atoms with Crippen LogP contribution in [0.4, 0.5) is 0 Å². The molecule has 0 amide bonds. The van der Waals surface area contributed by atoms with E-state index >= 15 is 0 Å². The van der Waals surface area contributed by atoms with Crippen LogP contribution in [0.3, 0.4) is 0 Å². The highest BCUT2D eigenvalue weighted by atomic mass is 16.7. The van der Waals surface area contributed by atoms with Crippen molar-refractivity contribution in [3.05, 3.63) is 81.9 Å². The van der Waals surface area contributed by atoms with E-state index < -0.39 is 0 Å². The van der Waals surface area contributed by atoms with E-state index in [0.717, 1.165) is 52.7 Å². The quantitative estimate of drug-likeness (QED) is 0.242. The Hall–Kier alpha value is -2.57. The first kappa shape index (κ1) is 27.0. The summed E-state index contributed by atoms with van der Waals surface area (Å²) in [5, 5.41) is 0. The Bertz CT molecular complexity index is 897. The summed E-state index contributed by atoms with van der Waals surface area (Å²) in [7, 11) is 0. The topological polar surface area (TPSA) is 54.0 Å². The van der Waals surface area contributed by atoms with Gasteiger partial charge in [-0.25, -0.2) is 0 Å². The lowest BCUT2D eigenvalue weighted by atomic mass is 9.86. The summed E-state index contributed by atoms with van der Waals surface area (Å²) >= 11 is 0. The number of benzene rings is 2. The Labute approximate surface area is 209 Å². The summed E-state index contributed by atoms with van der Waals surface area (Å²) in [6, 6.07) is 16.1. The first-order valence-corrected chi connectivity index (χ1v) is 12.7. The van der Waals surface area contributed by atoms with E-state index in [2.05, 4.69) is 0 Å². The van der Waals surface area contributed by atoms with E-state index in [4.69, 9.17) is 18.9 Å². The summed E-state index contributed by atoms with van der Waals surface area (Å²) in [5.74, 6) is 0.132. The van der Waals surface area contributed by atoms with Gasteiger partial charge in [0.1, 0.15) is 0 Å². The Morgan fingerprint density at radius 3 is 1.29 bits per heavy atom. The normalized spacial score (nSPS) is 16.7. The molecular formula is C30H38O5. The van der Waals surface area contributed by atoms with Crippen molar-refractivity contribution in [2.45, 2.75) is 59.5 Å². The predicted molar refractivity (Wildman–Crippen MR) is 140 cm³/mol.